The number of carbonyl (C=O) groups is 1. The van der Waals surface area contributed by atoms with Gasteiger partial charge in [0.1, 0.15) is 6.04 Å². The Labute approximate surface area is 122 Å². The SMILES string of the molecule is CC(C)[C@H](NCc1cc(Cl)cc2cccnc12)C(=O)O. The number of carboxylic acids is 1. The minimum absolute atomic E-state index is 0.00547. The summed E-state index contributed by atoms with van der Waals surface area (Å²) in [4.78, 5) is 15.5. The van der Waals surface area contributed by atoms with Gasteiger partial charge < -0.3 is 10.4 Å². The Hall–Kier alpha value is -1.65. The molecule has 1 aromatic heterocycles. The number of rotatable bonds is 5. The van der Waals surface area contributed by atoms with Gasteiger partial charge in [-0.15, -0.1) is 0 Å². The van der Waals surface area contributed by atoms with Gasteiger partial charge in [-0.05, 0) is 29.7 Å². The summed E-state index contributed by atoms with van der Waals surface area (Å²) in [5.41, 5.74) is 1.75. The predicted octanol–water partition coefficient (Wildman–Crippen LogP) is 3.09. The fraction of sp³-hybridized carbons (Fsp3) is 0.333. The first kappa shape index (κ1) is 14.8. The van der Waals surface area contributed by atoms with Gasteiger partial charge in [-0.25, -0.2) is 0 Å². The lowest BCUT2D eigenvalue weighted by Crippen LogP contribution is -2.40. The molecule has 2 rings (SSSR count). The van der Waals surface area contributed by atoms with Gasteiger partial charge in [-0.2, -0.15) is 0 Å². The molecular weight excluding hydrogens is 276 g/mol. The van der Waals surface area contributed by atoms with Gasteiger partial charge >= 0.3 is 5.97 Å². The third kappa shape index (κ3) is 3.26. The van der Waals surface area contributed by atoms with E-state index < -0.39 is 12.0 Å². The summed E-state index contributed by atoms with van der Waals surface area (Å²) in [7, 11) is 0. The molecule has 0 amide bonds. The first-order valence-electron chi connectivity index (χ1n) is 6.48. The summed E-state index contributed by atoms with van der Waals surface area (Å²) >= 11 is 6.09. The number of hydrogen-bond donors (Lipinski definition) is 2. The minimum Gasteiger partial charge on any atom is -0.480 e. The van der Waals surface area contributed by atoms with Crippen molar-refractivity contribution >= 4 is 28.5 Å². The van der Waals surface area contributed by atoms with Crippen molar-refractivity contribution in [3.05, 3.63) is 41.0 Å². The maximum atomic E-state index is 11.2. The second kappa shape index (κ2) is 6.20. The molecule has 1 heterocycles. The van der Waals surface area contributed by atoms with Crippen molar-refractivity contribution in [3.8, 4) is 0 Å². The monoisotopic (exact) mass is 292 g/mol. The van der Waals surface area contributed by atoms with E-state index in [4.69, 9.17) is 11.6 Å². The molecule has 20 heavy (non-hydrogen) atoms. The van der Waals surface area contributed by atoms with E-state index in [0.717, 1.165) is 16.5 Å². The average molecular weight is 293 g/mol. The maximum absolute atomic E-state index is 11.2. The van der Waals surface area contributed by atoms with E-state index in [1.54, 1.807) is 6.20 Å². The lowest BCUT2D eigenvalue weighted by molar-refractivity contribution is -0.140. The number of benzene rings is 1. The number of aliphatic carboxylic acids is 1. The van der Waals surface area contributed by atoms with E-state index in [2.05, 4.69) is 10.3 Å². The summed E-state index contributed by atoms with van der Waals surface area (Å²) in [5.74, 6) is -0.842. The van der Waals surface area contributed by atoms with Gasteiger partial charge in [0.25, 0.3) is 0 Å². The van der Waals surface area contributed by atoms with Crippen molar-refractivity contribution in [2.45, 2.75) is 26.4 Å². The summed E-state index contributed by atoms with van der Waals surface area (Å²) < 4.78 is 0. The van der Waals surface area contributed by atoms with Crippen LogP contribution in [0.3, 0.4) is 0 Å². The molecule has 4 nitrogen and oxygen atoms in total. The van der Waals surface area contributed by atoms with Crippen LogP contribution >= 0.6 is 11.6 Å². The number of pyridine rings is 1. The van der Waals surface area contributed by atoms with Crippen LogP contribution in [0.5, 0.6) is 0 Å². The van der Waals surface area contributed by atoms with Crippen molar-refractivity contribution < 1.29 is 9.90 Å². The van der Waals surface area contributed by atoms with Crippen LogP contribution in [0.1, 0.15) is 19.4 Å². The molecule has 0 saturated carbocycles. The first-order valence-corrected chi connectivity index (χ1v) is 6.86. The highest BCUT2D eigenvalue weighted by Crippen LogP contribution is 2.22. The molecule has 5 heteroatoms. The Kier molecular flexibility index (Phi) is 4.57. The van der Waals surface area contributed by atoms with Crippen molar-refractivity contribution in [1.29, 1.82) is 0 Å². The number of hydrogen-bond acceptors (Lipinski definition) is 3. The van der Waals surface area contributed by atoms with Crippen molar-refractivity contribution in [2.75, 3.05) is 0 Å². The quantitative estimate of drug-likeness (QED) is 0.889. The standard InChI is InChI=1S/C15H17ClN2O2/c1-9(2)13(15(19)20)18-8-11-7-12(16)6-10-4-3-5-17-14(10)11/h3-7,9,13,18H,8H2,1-2H3,(H,19,20)/t13-/m0/s1. The molecule has 2 aromatic rings. The topological polar surface area (TPSA) is 62.2 Å². The zero-order chi connectivity index (χ0) is 14.7. The number of halogens is 1. The Morgan fingerprint density at radius 3 is 2.85 bits per heavy atom. The third-order valence-electron chi connectivity index (χ3n) is 3.19. The van der Waals surface area contributed by atoms with Crippen LogP contribution in [-0.4, -0.2) is 22.1 Å². The Balaban J connectivity index is 2.27. The molecule has 0 bridgehead atoms. The molecule has 0 fully saturated rings. The van der Waals surface area contributed by atoms with Gasteiger partial charge in [0, 0.05) is 23.2 Å². The molecule has 106 valence electrons. The van der Waals surface area contributed by atoms with Gasteiger partial charge in [0.05, 0.1) is 5.52 Å². The third-order valence-corrected chi connectivity index (χ3v) is 3.41. The molecule has 0 spiro atoms. The van der Waals surface area contributed by atoms with E-state index in [1.807, 2.05) is 38.1 Å². The molecular formula is C15H17ClN2O2. The fourth-order valence-electron chi connectivity index (χ4n) is 2.19. The Morgan fingerprint density at radius 1 is 1.45 bits per heavy atom. The van der Waals surface area contributed by atoms with Crippen LogP contribution in [0.4, 0.5) is 0 Å². The average Bonchev–Trinajstić information content (AvgIpc) is 2.37. The summed E-state index contributed by atoms with van der Waals surface area (Å²) in [6.07, 6.45) is 1.72. The van der Waals surface area contributed by atoms with E-state index in [0.29, 0.717) is 11.6 Å². The zero-order valence-electron chi connectivity index (χ0n) is 11.4. The number of nitrogens with one attached hydrogen (secondary N) is 1. The minimum atomic E-state index is -0.848. The molecule has 2 N–H and O–H groups in total. The molecule has 0 saturated heterocycles. The summed E-state index contributed by atoms with van der Waals surface area (Å²) in [5, 5.41) is 13.8. The normalized spacial score (nSPS) is 12.8. The lowest BCUT2D eigenvalue weighted by Gasteiger charge is -2.18. The number of aromatic nitrogens is 1. The van der Waals surface area contributed by atoms with Gasteiger partial charge in [0.2, 0.25) is 0 Å². The molecule has 1 atom stereocenters. The predicted molar refractivity (Wildman–Crippen MR) is 79.9 cm³/mol. The molecule has 0 aliphatic rings. The second-order valence-electron chi connectivity index (χ2n) is 5.08. The summed E-state index contributed by atoms with van der Waals surface area (Å²) in [6.45, 7) is 4.17. The van der Waals surface area contributed by atoms with Crippen LogP contribution in [0, 0.1) is 5.92 Å². The van der Waals surface area contributed by atoms with Crippen LogP contribution in [-0.2, 0) is 11.3 Å². The number of nitrogens with zero attached hydrogens (tertiary/aromatic N) is 1. The van der Waals surface area contributed by atoms with Crippen LogP contribution < -0.4 is 5.32 Å². The van der Waals surface area contributed by atoms with Crippen LogP contribution in [0.15, 0.2) is 30.5 Å². The number of fused-ring (bicyclic) bond motifs is 1. The van der Waals surface area contributed by atoms with E-state index in [1.165, 1.54) is 0 Å². The Morgan fingerprint density at radius 2 is 2.20 bits per heavy atom. The maximum Gasteiger partial charge on any atom is 0.320 e. The Bertz CT molecular complexity index is 628. The molecule has 0 aliphatic heterocycles. The van der Waals surface area contributed by atoms with Gasteiger partial charge in [-0.3, -0.25) is 9.78 Å². The highest BCUT2D eigenvalue weighted by Gasteiger charge is 2.20. The second-order valence-corrected chi connectivity index (χ2v) is 5.52. The van der Waals surface area contributed by atoms with Crippen LogP contribution in [0.2, 0.25) is 5.02 Å². The van der Waals surface area contributed by atoms with E-state index >= 15 is 0 Å². The smallest absolute Gasteiger partial charge is 0.320 e. The molecule has 0 aliphatic carbocycles. The molecule has 0 unspecified atom stereocenters. The zero-order valence-corrected chi connectivity index (χ0v) is 12.2. The summed E-state index contributed by atoms with van der Waals surface area (Å²) in [6, 6.07) is 6.87. The van der Waals surface area contributed by atoms with Crippen molar-refractivity contribution in [3.63, 3.8) is 0 Å². The van der Waals surface area contributed by atoms with Gasteiger partial charge in [0.15, 0.2) is 0 Å². The van der Waals surface area contributed by atoms with Crippen molar-refractivity contribution in [1.82, 2.24) is 10.3 Å². The number of carboxylic acid groups (broad SMARTS) is 1. The first-order chi connectivity index (χ1) is 9.49. The largest absolute Gasteiger partial charge is 0.480 e. The van der Waals surface area contributed by atoms with Crippen molar-refractivity contribution in [2.24, 2.45) is 5.92 Å². The van der Waals surface area contributed by atoms with E-state index in [9.17, 15) is 9.90 Å². The fourth-order valence-corrected chi connectivity index (χ4v) is 2.44. The lowest BCUT2D eigenvalue weighted by atomic mass is 10.0. The highest BCUT2D eigenvalue weighted by molar-refractivity contribution is 6.31. The van der Waals surface area contributed by atoms with Gasteiger partial charge in [-0.1, -0.05) is 31.5 Å². The van der Waals surface area contributed by atoms with E-state index in [-0.39, 0.29) is 5.92 Å². The molecule has 0 radical (unpaired) electrons. The highest BCUT2D eigenvalue weighted by atomic mass is 35.5. The van der Waals surface area contributed by atoms with Crippen LogP contribution in [0.25, 0.3) is 10.9 Å². The molecule has 1 aromatic carbocycles.